The van der Waals surface area contributed by atoms with Crippen LogP contribution in [0.4, 0.5) is 0 Å². The first-order chi connectivity index (χ1) is 6.22. The first-order valence-corrected chi connectivity index (χ1v) is 5.85. The molecule has 1 aliphatic rings. The summed E-state index contributed by atoms with van der Waals surface area (Å²) in [6.07, 6.45) is 3.21. The summed E-state index contributed by atoms with van der Waals surface area (Å²) >= 11 is 7.77. The van der Waals surface area contributed by atoms with Crippen LogP contribution in [-0.4, -0.2) is 6.26 Å². The SMILES string of the molecule is CSC1=C(C)Cc2ccc(Cl)cc21. The number of hydrogen-bond donors (Lipinski definition) is 0. The molecule has 0 aromatic heterocycles. The minimum Gasteiger partial charge on any atom is -0.129 e. The number of thioether (sulfide) groups is 1. The van der Waals surface area contributed by atoms with E-state index in [2.05, 4.69) is 25.3 Å². The van der Waals surface area contributed by atoms with Crippen LogP contribution in [0.25, 0.3) is 4.91 Å². The smallest absolute Gasteiger partial charge is 0.0412 e. The summed E-state index contributed by atoms with van der Waals surface area (Å²) in [4.78, 5) is 1.40. The van der Waals surface area contributed by atoms with E-state index in [-0.39, 0.29) is 0 Å². The first-order valence-electron chi connectivity index (χ1n) is 4.25. The molecule has 2 heteroatoms. The molecule has 68 valence electrons. The second kappa shape index (κ2) is 3.39. The van der Waals surface area contributed by atoms with Crippen molar-refractivity contribution in [1.82, 2.24) is 0 Å². The molecule has 1 aliphatic carbocycles. The van der Waals surface area contributed by atoms with Crippen molar-refractivity contribution in [2.75, 3.05) is 6.26 Å². The lowest BCUT2D eigenvalue weighted by molar-refractivity contribution is 1.19. The summed E-state index contributed by atoms with van der Waals surface area (Å²) in [7, 11) is 0. The molecule has 0 saturated heterocycles. The van der Waals surface area contributed by atoms with Crippen LogP contribution < -0.4 is 0 Å². The van der Waals surface area contributed by atoms with Crippen molar-refractivity contribution in [2.24, 2.45) is 0 Å². The van der Waals surface area contributed by atoms with Gasteiger partial charge in [-0.2, -0.15) is 0 Å². The first kappa shape index (κ1) is 9.17. The van der Waals surface area contributed by atoms with Crippen LogP contribution in [0.1, 0.15) is 18.1 Å². The molecular weight excluding hydrogens is 200 g/mol. The minimum absolute atomic E-state index is 0.833. The van der Waals surface area contributed by atoms with Crippen molar-refractivity contribution >= 4 is 28.3 Å². The lowest BCUT2D eigenvalue weighted by Gasteiger charge is -2.02. The van der Waals surface area contributed by atoms with Gasteiger partial charge in [-0.05, 0) is 42.9 Å². The number of hydrogen-bond acceptors (Lipinski definition) is 1. The van der Waals surface area contributed by atoms with Crippen molar-refractivity contribution in [3.63, 3.8) is 0 Å². The number of allylic oxidation sites excluding steroid dienone is 1. The van der Waals surface area contributed by atoms with Crippen molar-refractivity contribution < 1.29 is 0 Å². The predicted molar refractivity (Wildman–Crippen MR) is 61.3 cm³/mol. The van der Waals surface area contributed by atoms with Gasteiger partial charge in [0.15, 0.2) is 0 Å². The van der Waals surface area contributed by atoms with Gasteiger partial charge in [0.2, 0.25) is 0 Å². The Labute approximate surface area is 88.0 Å². The highest BCUT2D eigenvalue weighted by Gasteiger charge is 2.17. The number of benzene rings is 1. The Bertz CT molecular complexity index is 380. The molecular formula is C11H11ClS. The highest BCUT2D eigenvalue weighted by Crippen LogP contribution is 2.39. The normalized spacial score (nSPS) is 15.0. The molecule has 0 heterocycles. The maximum atomic E-state index is 5.96. The third-order valence-electron chi connectivity index (χ3n) is 2.36. The van der Waals surface area contributed by atoms with E-state index in [1.54, 1.807) is 0 Å². The number of rotatable bonds is 1. The van der Waals surface area contributed by atoms with Crippen LogP contribution in [0, 0.1) is 0 Å². The second-order valence-electron chi connectivity index (χ2n) is 3.29. The molecule has 0 amide bonds. The standard InChI is InChI=1S/C11H11ClS/c1-7-5-8-3-4-9(12)6-10(8)11(7)13-2/h3-4,6H,5H2,1-2H3. The zero-order chi connectivity index (χ0) is 9.42. The van der Waals surface area contributed by atoms with Crippen LogP contribution in [0.3, 0.4) is 0 Å². The Morgan fingerprint density at radius 3 is 2.85 bits per heavy atom. The minimum atomic E-state index is 0.833. The number of halogens is 1. The lowest BCUT2D eigenvalue weighted by atomic mass is 10.1. The molecule has 13 heavy (non-hydrogen) atoms. The van der Waals surface area contributed by atoms with E-state index in [4.69, 9.17) is 11.6 Å². The zero-order valence-corrected chi connectivity index (χ0v) is 9.30. The molecule has 0 N–H and O–H groups in total. The average Bonchev–Trinajstić information content (AvgIpc) is 2.40. The molecule has 1 aromatic carbocycles. The topological polar surface area (TPSA) is 0 Å². The molecule has 0 atom stereocenters. The second-order valence-corrected chi connectivity index (χ2v) is 4.54. The van der Waals surface area contributed by atoms with Gasteiger partial charge in [0.1, 0.15) is 0 Å². The fraction of sp³-hybridized carbons (Fsp3) is 0.273. The van der Waals surface area contributed by atoms with Crippen LogP contribution in [0.5, 0.6) is 0 Å². The van der Waals surface area contributed by atoms with Gasteiger partial charge in [-0.1, -0.05) is 23.2 Å². The molecule has 0 spiro atoms. The van der Waals surface area contributed by atoms with Crippen molar-refractivity contribution in [2.45, 2.75) is 13.3 Å². The van der Waals surface area contributed by atoms with E-state index >= 15 is 0 Å². The molecule has 0 unspecified atom stereocenters. The van der Waals surface area contributed by atoms with Gasteiger partial charge in [-0.3, -0.25) is 0 Å². The summed E-state index contributed by atoms with van der Waals surface area (Å²) in [6.45, 7) is 2.19. The third-order valence-corrected chi connectivity index (χ3v) is 3.58. The molecule has 0 fully saturated rings. The molecule has 0 bridgehead atoms. The zero-order valence-electron chi connectivity index (χ0n) is 7.73. The van der Waals surface area contributed by atoms with Crippen LogP contribution in [0.2, 0.25) is 5.02 Å². The van der Waals surface area contributed by atoms with Gasteiger partial charge in [0, 0.05) is 9.93 Å². The average molecular weight is 211 g/mol. The summed E-state index contributed by atoms with van der Waals surface area (Å²) in [5.74, 6) is 0. The van der Waals surface area contributed by atoms with Gasteiger partial charge in [-0.25, -0.2) is 0 Å². The van der Waals surface area contributed by atoms with E-state index in [0.717, 1.165) is 11.4 Å². The highest BCUT2D eigenvalue weighted by molar-refractivity contribution is 8.07. The molecule has 0 radical (unpaired) electrons. The van der Waals surface area contributed by atoms with Crippen LogP contribution >= 0.6 is 23.4 Å². The number of fused-ring (bicyclic) bond motifs is 1. The quantitative estimate of drug-likeness (QED) is 0.676. The van der Waals surface area contributed by atoms with Gasteiger partial charge >= 0.3 is 0 Å². The Morgan fingerprint density at radius 1 is 1.38 bits per heavy atom. The van der Waals surface area contributed by atoms with Crippen LogP contribution in [0.15, 0.2) is 23.8 Å². The Kier molecular flexibility index (Phi) is 2.39. The molecule has 0 aliphatic heterocycles. The van der Waals surface area contributed by atoms with Crippen molar-refractivity contribution in [3.05, 3.63) is 39.9 Å². The van der Waals surface area contributed by atoms with E-state index in [9.17, 15) is 0 Å². The van der Waals surface area contributed by atoms with Gasteiger partial charge in [-0.15, -0.1) is 11.8 Å². The van der Waals surface area contributed by atoms with E-state index in [0.29, 0.717) is 0 Å². The Hall–Kier alpha value is -0.400. The molecule has 1 aromatic rings. The maximum absolute atomic E-state index is 5.96. The molecule has 0 saturated carbocycles. The lowest BCUT2D eigenvalue weighted by Crippen LogP contribution is -1.81. The van der Waals surface area contributed by atoms with Crippen molar-refractivity contribution in [1.29, 1.82) is 0 Å². The van der Waals surface area contributed by atoms with E-state index in [1.807, 2.05) is 17.8 Å². The molecule has 2 rings (SSSR count). The Balaban J connectivity index is 2.55. The molecule has 0 nitrogen and oxygen atoms in total. The van der Waals surface area contributed by atoms with Gasteiger partial charge in [0.05, 0.1) is 0 Å². The fourth-order valence-corrected chi connectivity index (χ4v) is 2.80. The van der Waals surface area contributed by atoms with Crippen LogP contribution in [-0.2, 0) is 6.42 Å². The highest BCUT2D eigenvalue weighted by atomic mass is 35.5. The van der Waals surface area contributed by atoms with E-state index < -0.39 is 0 Å². The van der Waals surface area contributed by atoms with E-state index in [1.165, 1.54) is 21.6 Å². The summed E-state index contributed by atoms with van der Waals surface area (Å²) in [5, 5.41) is 0.833. The van der Waals surface area contributed by atoms with Gasteiger partial charge < -0.3 is 0 Å². The monoisotopic (exact) mass is 210 g/mol. The summed E-state index contributed by atoms with van der Waals surface area (Å²) in [5.41, 5.74) is 4.20. The van der Waals surface area contributed by atoms with Gasteiger partial charge in [0.25, 0.3) is 0 Å². The third kappa shape index (κ3) is 1.51. The largest absolute Gasteiger partial charge is 0.129 e. The fourth-order valence-electron chi connectivity index (χ4n) is 1.79. The summed E-state index contributed by atoms with van der Waals surface area (Å²) < 4.78 is 0. The predicted octanol–water partition coefficient (Wildman–Crippen LogP) is 3.99. The van der Waals surface area contributed by atoms with Crippen molar-refractivity contribution in [3.8, 4) is 0 Å². The summed E-state index contributed by atoms with van der Waals surface area (Å²) in [6, 6.07) is 6.17. The maximum Gasteiger partial charge on any atom is 0.0412 e. The Morgan fingerprint density at radius 2 is 2.15 bits per heavy atom.